The van der Waals surface area contributed by atoms with Crippen LogP contribution < -0.4 is 14.2 Å². The normalized spacial score (nSPS) is 14.8. The summed E-state index contributed by atoms with van der Waals surface area (Å²) in [6, 6.07) is 17.1. The van der Waals surface area contributed by atoms with Crippen LogP contribution in [0.25, 0.3) is 0 Å². The Morgan fingerprint density at radius 1 is 1.06 bits per heavy atom. The van der Waals surface area contributed by atoms with Gasteiger partial charge in [0.05, 0.1) is 25.2 Å². The molecule has 0 aromatic heterocycles. The van der Waals surface area contributed by atoms with Gasteiger partial charge in [0, 0.05) is 18.7 Å². The van der Waals surface area contributed by atoms with Crippen molar-refractivity contribution in [1.29, 1.82) is 0 Å². The Bertz CT molecular complexity index is 1210. The van der Waals surface area contributed by atoms with Gasteiger partial charge in [0.15, 0.2) is 18.1 Å². The zero-order chi connectivity index (χ0) is 24.2. The van der Waals surface area contributed by atoms with Crippen LogP contribution in [-0.2, 0) is 11.2 Å². The number of hydrogen-bond acceptors (Lipinski definition) is 6. The Morgan fingerprint density at radius 2 is 1.76 bits per heavy atom. The molecule has 3 aromatic carbocycles. The predicted octanol–water partition coefficient (Wildman–Crippen LogP) is 4.47. The third-order valence-corrected chi connectivity index (χ3v) is 5.97. The summed E-state index contributed by atoms with van der Waals surface area (Å²) in [5.74, 6) is 1.52. The maximum Gasteiger partial charge on any atom is 0.269 e. The highest BCUT2D eigenvalue weighted by atomic mass is 16.6. The zero-order valence-electron chi connectivity index (χ0n) is 19.3. The molecule has 0 saturated carbocycles. The van der Waals surface area contributed by atoms with E-state index < -0.39 is 11.0 Å². The first-order valence-electron chi connectivity index (χ1n) is 10.9. The van der Waals surface area contributed by atoms with Crippen LogP contribution in [-0.4, -0.2) is 43.1 Å². The van der Waals surface area contributed by atoms with Crippen LogP contribution in [0.4, 0.5) is 5.69 Å². The summed E-state index contributed by atoms with van der Waals surface area (Å²) in [5, 5.41) is 11.4. The van der Waals surface area contributed by atoms with Crippen molar-refractivity contribution in [3.8, 4) is 17.2 Å². The molecule has 0 unspecified atom stereocenters. The van der Waals surface area contributed by atoms with Crippen molar-refractivity contribution in [3.05, 3.63) is 93.0 Å². The van der Waals surface area contributed by atoms with Crippen LogP contribution in [0.2, 0.25) is 0 Å². The lowest BCUT2D eigenvalue weighted by Crippen LogP contribution is -2.43. The van der Waals surface area contributed by atoms with E-state index in [2.05, 4.69) is 0 Å². The van der Waals surface area contributed by atoms with E-state index in [9.17, 15) is 14.9 Å². The van der Waals surface area contributed by atoms with Crippen molar-refractivity contribution in [3.63, 3.8) is 0 Å². The molecule has 0 spiro atoms. The molecular formula is C26H26N2O6. The van der Waals surface area contributed by atoms with Gasteiger partial charge in [0.1, 0.15) is 5.75 Å². The minimum absolute atomic E-state index is 0.0339. The van der Waals surface area contributed by atoms with E-state index in [0.717, 1.165) is 16.7 Å². The number of hydrogen-bond donors (Lipinski definition) is 0. The van der Waals surface area contributed by atoms with E-state index in [-0.39, 0.29) is 18.2 Å². The number of ether oxygens (including phenoxy) is 3. The van der Waals surface area contributed by atoms with E-state index in [4.69, 9.17) is 14.2 Å². The largest absolute Gasteiger partial charge is 0.493 e. The molecule has 8 heteroatoms. The van der Waals surface area contributed by atoms with Crippen LogP contribution in [0.15, 0.2) is 60.7 Å². The number of carbonyl (C=O) groups excluding carboxylic acids is 1. The monoisotopic (exact) mass is 462 g/mol. The number of fused-ring (bicyclic) bond motifs is 1. The van der Waals surface area contributed by atoms with Crippen LogP contribution in [0.3, 0.4) is 0 Å². The summed E-state index contributed by atoms with van der Waals surface area (Å²) in [6.45, 7) is 2.27. The lowest BCUT2D eigenvalue weighted by molar-refractivity contribution is -0.384. The smallest absolute Gasteiger partial charge is 0.269 e. The highest BCUT2D eigenvalue weighted by molar-refractivity contribution is 5.79. The van der Waals surface area contributed by atoms with Crippen LogP contribution in [0.5, 0.6) is 17.2 Å². The number of nitrogens with zero attached hydrogens (tertiary/aromatic N) is 2. The molecule has 0 aliphatic carbocycles. The summed E-state index contributed by atoms with van der Waals surface area (Å²) in [7, 11) is 3.12. The summed E-state index contributed by atoms with van der Waals surface area (Å²) >= 11 is 0. The molecule has 0 fully saturated rings. The fraction of sp³-hybridized carbons (Fsp3) is 0.269. The number of benzene rings is 3. The second-order valence-electron chi connectivity index (χ2n) is 8.10. The Kier molecular flexibility index (Phi) is 6.67. The Balaban J connectivity index is 1.72. The van der Waals surface area contributed by atoms with E-state index in [1.807, 2.05) is 43.3 Å². The topological polar surface area (TPSA) is 91.1 Å². The summed E-state index contributed by atoms with van der Waals surface area (Å²) < 4.78 is 16.7. The fourth-order valence-corrected chi connectivity index (χ4v) is 4.24. The molecule has 0 radical (unpaired) electrons. The Morgan fingerprint density at radius 3 is 2.44 bits per heavy atom. The summed E-state index contributed by atoms with van der Waals surface area (Å²) in [6.07, 6.45) is 0.609. The lowest BCUT2D eigenvalue weighted by Gasteiger charge is -2.38. The van der Waals surface area contributed by atoms with Gasteiger partial charge in [-0.3, -0.25) is 14.9 Å². The predicted molar refractivity (Wildman–Crippen MR) is 127 cm³/mol. The number of amides is 1. The van der Waals surface area contributed by atoms with Crippen LogP contribution in [0.1, 0.15) is 28.3 Å². The first-order valence-corrected chi connectivity index (χ1v) is 10.9. The number of methoxy groups -OCH3 is 2. The molecule has 0 N–H and O–H groups in total. The van der Waals surface area contributed by atoms with Gasteiger partial charge >= 0.3 is 0 Å². The van der Waals surface area contributed by atoms with E-state index >= 15 is 0 Å². The lowest BCUT2D eigenvalue weighted by atomic mass is 9.87. The maximum absolute atomic E-state index is 13.3. The van der Waals surface area contributed by atoms with E-state index in [0.29, 0.717) is 35.8 Å². The second-order valence-corrected chi connectivity index (χ2v) is 8.10. The Labute approximate surface area is 197 Å². The van der Waals surface area contributed by atoms with Gasteiger partial charge in [0.25, 0.3) is 11.6 Å². The van der Waals surface area contributed by atoms with E-state index in [1.165, 1.54) is 12.1 Å². The van der Waals surface area contributed by atoms with Crippen LogP contribution >= 0.6 is 0 Å². The number of nitro groups is 1. The molecule has 0 saturated heterocycles. The van der Waals surface area contributed by atoms with Crippen molar-refractivity contribution >= 4 is 11.6 Å². The van der Waals surface area contributed by atoms with Crippen molar-refractivity contribution in [2.45, 2.75) is 19.4 Å². The van der Waals surface area contributed by atoms with Crippen molar-refractivity contribution < 1.29 is 23.9 Å². The first-order chi connectivity index (χ1) is 16.4. The van der Waals surface area contributed by atoms with Crippen molar-refractivity contribution in [2.24, 2.45) is 0 Å². The standard InChI is InChI=1S/C26H26N2O6/c1-17-7-9-21(10-8-17)34-16-25(29)27-12-11-18-14-23(32-2)24(33-3)15-22(18)26(27)19-5-4-6-20(13-19)28(30)31/h4-10,13-15,26H,11-12,16H2,1-3H3/t26-/m1/s1. The highest BCUT2D eigenvalue weighted by Gasteiger charge is 2.34. The minimum Gasteiger partial charge on any atom is -0.493 e. The molecule has 1 atom stereocenters. The maximum atomic E-state index is 13.3. The third kappa shape index (κ3) is 4.66. The average molecular weight is 463 g/mol. The fourth-order valence-electron chi connectivity index (χ4n) is 4.24. The molecule has 34 heavy (non-hydrogen) atoms. The van der Waals surface area contributed by atoms with Crippen molar-refractivity contribution in [2.75, 3.05) is 27.4 Å². The van der Waals surface area contributed by atoms with Gasteiger partial charge in [-0.15, -0.1) is 0 Å². The molecule has 1 aliphatic heterocycles. The number of aryl methyl sites for hydroxylation is 1. The van der Waals surface area contributed by atoms with Gasteiger partial charge in [-0.05, 0) is 54.3 Å². The molecule has 0 bridgehead atoms. The van der Waals surface area contributed by atoms with Crippen molar-refractivity contribution in [1.82, 2.24) is 4.90 Å². The number of carbonyl (C=O) groups is 1. The zero-order valence-corrected chi connectivity index (χ0v) is 19.3. The number of rotatable bonds is 7. The van der Waals surface area contributed by atoms with Gasteiger partial charge in [-0.2, -0.15) is 0 Å². The molecule has 176 valence electrons. The molecule has 1 amide bonds. The summed E-state index contributed by atoms with van der Waals surface area (Å²) in [5.41, 5.74) is 3.55. The molecule has 8 nitrogen and oxygen atoms in total. The van der Waals surface area contributed by atoms with Gasteiger partial charge in [-0.1, -0.05) is 29.8 Å². The molecule has 1 heterocycles. The number of non-ortho nitro benzene ring substituents is 1. The van der Waals surface area contributed by atoms with Gasteiger partial charge in [0.2, 0.25) is 0 Å². The average Bonchev–Trinajstić information content (AvgIpc) is 2.86. The second kappa shape index (κ2) is 9.82. The number of nitro benzene ring substituents is 1. The molecule has 4 rings (SSSR count). The highest BCUT2D eigenvalue weighted by Crippen LogP contribution is 2.41. The first kappa shape index (κ1) is 23.1. The van der Waals surface area contributed by atoms with Crippen LogP contribution in [0, 0.1) is 17.0 Å². The quantitative estimate of drug-likeness (QED) is 0.380. The van der Waals surface area contributed by atoms with Gasteiger partial charge < -0.3 is 19.1 Å². The molecular weight excluding hydrogens is 436 g/mol. The molecule has 3 aromatic rings. The summed E-state index contributed by atoms with van der Waals surface area (Å²) in [4.78, 5) is 26.0. The van der Waals surface area contributed by atoms with Gasteiger partial charge in [-0.25, -0.2) is 0 Å². The molecule has 1 aliphatic rings. The Hall–Kier alpha value is -4.07. The SMILES string of the molecule is COc1cc2c(cc1OC)[C@@H](c1cccc([N+](=O)[O-])c1)N(C(=O)COc1ccc(C)cc1)CC2. The van der Waals surface area contributed by atoms with E-state index in [1.54, 1.807) is 31.3 Å². The third-order valence-electron chi connectivity index (χ3n) is 5.97. The minimum atomic E-state index is -0.530.